The highest BCUT2D eigenvalue weighted by Crippen LogP contribution is 2.33. The van der Waals surface area contributed by atoms with Crippen LogP contribution >= 0.6 is 0 Å². The van der Waals surface area contributed by atoms with Crippen LogP contribution in [0, 0.1) is 0 Å². The Bertz CT molecular complexity index is 467. The van der Waals surface area contributed by atoms with Crippen molar-refractivity contribution in [2.24, 2.45) is 0 Å². The van der Waals surface area contributed by atoms with E-state index in [0.717, 1.165) is 29.5 Å². The van der Waals surface area contributed by atoms with E-state index in [-0.39, 0.29) is 0 Å². The summed E-state index contributed by atoms with van der Waals surface area (Å²) in [6.45, 7) is 0. The van der Waals surface area contributed by atoms with Gasteiger partial charge in [-0.05, 0) is 18.6 Å². The molecule has 1 heterocycles. The van der Waals surface area contributed by atoms with Crippen molar-refractivity contribution in [2.45, 2.75) is 6.42 Å². The molecule has 3 rings (SSSR count). The van der Waals surface area contributed by atoms with Crippen LogP contribution in [0.2, 0.25) is 0 Å². The molecule has 0 fully saturated rings. The molecule has 14 heavy (non-hydrogen) atoms. The van der Waals surface area contributed by atoms with E-state index < -0.39 is 0 Å². The SMILES string of the molecule is C1=CC2=[O+]c3ccccc3OC2=CC1. The van der Waals surface area contributed by atoms with Gasteiger partial charge in [-0.3, -0.25) is 0 Å². The van der Waals surface area contributed by atoms with Crippen LogP contribution in [0.1, 0.15) is 6.42 Å². The zero-order valence-electron chi connectivity index (χ0n) is 7.57. The lowest BCUT2D eigenvalue weighted by molar-refractivity contribution is -0.370. The van der Waals surface area contributed by atoms with E-state index in [2.05, 4.69) is 6.08 Å². The fourth-order valence-electron chi connectivity index (χ4n) is 1.56. The third kappa shape index (κ3) is 1.08. The van der Waals surface area contributed by atoms with Crippen molar-refractivity contribution in [2.75, 3.05) is 0 Å². The van der Waals surface area contributed by atoms with Crippen molar-refractivity contribution in [1.82, 2.24) is 0 Å². The Hall–Kier alpha value is -1.83. The number of fused-ring (bicyclic) bond motifs is 2. The second kappa shape index (κ2) is 2.84. The van der Waals surface area contributed by atoms with E-state index in [1.807, 2.05) is 36.4 Å². The summed E-state index contributed by atoms with van der Waals surface area (Å²) >= 11 is 0. The molecule has 0 atom stereocenters. The lowest BCUT2D eigenvalue weighted by Gasteiger charge is -2.09. The summed E-state index contributed by atoms with van der Waals surface area (Å²) in [6.07, 6.45) is 6.93. The van der Waals surface area contributed by atoms with E-state index in [0.29, 0.717) is 0 Å². The molecule has 2 nitrogen and oxygen atoms in total. The number of hydrogen-bond donors (Lipinski definition) is 0. The van der Waals surface area contributed by atoms with E-state index in [9.17, 15) is 0 Å². The normalized spacial score (nSPS) is 17.4. The lowest BCUT2D eigenvalue weighted by Crippen LogP contribution is -2.14. The van der Waals surface area contributed by atoms with Crippen LogP contribution in [0.25, 0.3) is 0 Å². The fourth-order valence-corrected chi connectivity index (χ4v) is 1.56. The zero-order valence-corrected chi connectivity index (χ0v) is 7.57. The van der Waals surface area contributed by atoms with Crippen LogP contribution < -0.4 is 4.74 Å². The Morgan fingerprint density at radius 1 is 1.21 bits per heavy atom. The molecule has 0 aromatic heterocycles. The van der Waals surface area contributed by atoms with Gasteiger partial charge in [0.1, 0.15) is 0 Å². The van der Waals surface area contributed by atoms with Crippen molar-refractivity contribution in [3.63, 3.8) is 0 Å². The zero-order chi connectivity index (χ0) is 9.38. The standard InChI is InChI=1S/C12H9O2/c1-2-6-10-9(5-1)13-11-7-3-4-8-12(11)14-10/h1-3,5-8H,4H2/q+1. The number of allylic oxidation sites excluding steroid dienone is 3. The van der Waals surface area contributed by atoms with Crippen LogP contribution in [0.3, 0.4) is 0 Å². The Labute approximate surface area is 81.8 Å². The minimum Gasteiger partial charge on any atom is -0.438 e. The van der Waals surface area contributed by atoms with Gasteiger partial charge < -0.3 is 4.74 Å². The van der Waals surface area contributed by atoms with E-state index in [4.69, 9.17) is 9.16 Å². The van der Waals surface area contributed by atoms with Crippen LogP contribution in [-0.2, 0) is 4.42 Å². The topological polar surface area (TPSA) is 20.5 Å². The second-order valence-corrected chi connectivity index (χ2v) is 3.22. The second-order valence-electron chi connectivity index (χ2n) is 3.22. The molecule has 0 bridgehead atoms. The van der Waals surface area contributed by atoms with Gasteiger partial charge in [0.25, 0.3) is 0 Å². The van der Waals surface area contributed by atoms with Gasteiger partial charge in [0.2, 0.25) is 11.5 Å². The van der Waals surface area contributed by atoms with Crippen LogP contribution in [-0.4, -0.2) is 5.78 Å². The Morgan fingerprint density at radius 3 is 3.14 bits per heavy atom. The molecule has 0 N–H and O–H groups in total. The van der Waals surface area contributed by atoms with Gasteiger partial charge in [0, 0.05) is 12.1 Å². The number of hydrogen-bond acceptors (Lipinski definition) is 1. The molecule has 0 saturated heterocycles. The van der Waals surface area contributed by atoms with Gasteiger partial charge in [-0.2, -0.15) is 4.42 Å². The summed E-state index contributed by atoms with van der Waals surface area (Å²) in [6, 6.07) is 7.68. The van der Waals surface area contributed by atoms with Gasteiger partial charge >= 0.3 is 11.5 Å². The van der Waals surface area contributed by atoms with Crippen LogP contribution in [0.15, 0.2) is 48.3 Å². The minimum atomic E-state index is 0.784. The van der Waals surface area contributed by atoms with Gasteiger partial charge in [-0.15, -0.1) is 0 Å². The molecule has 0 saturated carbocycles. The van der Waals surface area contributed by atoms with Crippen molar-refractivity contribution in [3.05, 3.63) is 48.3 Å². The summed E-state index contributed by atoms with van der Waals surface area (Å²) in [5.74, 6) is 3.20. The molecule has 0 amide bonds. The first kappa shape index (κ1) is 7.56. The molecule has 68 valence electrons. The molecular formula is C12H9O2+. The predicted octanol–water partition coefficient (Wildman–Crippen LogP) is 2.74. The van der Waals surface area contributed by atoms with Crippen LogP contribution in [0.4, 0.5) is 0 Å². The molecular weight excluding hydrogens is 176 g/mol. The van der Waals surface area contributed by atoms with Crippen LogP contribution in [0.5, 0.6) is 11.5 Å². The Kier molecular flexibility index (Phi) is 1.53. The summed E-state index contributed by atoms with van der Waals surface area (Å²) in [5.41, 5.74) is 0. The Morgan fingerprint density at radius 2 is 2.14 bits per heavy atom. The number of rotatable bonds is 0. The maximum Gasteiger partial charge on any atom is 0.395 e. The smallest absolute Gasteiger partial charge is 0.395 e. The molecule has 0 radical (unpaired) electrons. The molecule has 1 aliphatic heterocycles. The number of benzene rings is 1. The number of para-hydroxylation sites is 2. The highest BCUT2D eigenvalue weighted by Gasteiger charge is 2.29. The first-order valence-electron chi connectivity index (χ1n) is 4.62. The summed E-state index contributed by atoms with van der Waals surface area (Å²) in [4.78, 5) is 0. The molecule has 0 spiro atoms. The summed E-state index contributed by atoms with van der Waals surface area (Å²) in [7, 11) is 0. The average Bonchev–Trinajstić information content (AvgIpc) is 2.26. The lowest BCUT2D eigenvalue weighted by atomic mass is 10.1. The van der Waals surface area contributed by atoms with Crippen molar-refractivity contribution >= 4 is 5.78 Å². The Balaban J connectivity index is 2.17. The average molecular weight is 185 g/mol. The summed E-state index contributed by atoms with van der Waals surface area (Å²) < 4.78 is 11.4. The molecule has 0 unspecified atom stereocenters. The fraction of sp³-hybridized carbons (Fsp3) is 0.0833. The van der Waals surface area contributed by atoms with Crippen molar-refractivity contribution in [3.8, 4) is 11.5 Å². The predicted molar refractivity (Wildman–Crippen MR) is 53.4 cm³/mol. The summed E-state index contributed by atoms with van der Waals surface area (Å²) in [5, 5.41) is 0. The van der Waals surface area contributed by atoms with Crippen molar-refractivity contribution in [1.29, 1.82) is 0 Å². The third-order valence-electron chi connectivity index (χ3n) is 2.24. The maximum absolute atomic E-state index is 5.68. The van der Waals surface area contributed by atoms with Crippen molar-refractivity contribution < 1.29 is 9.16 Å². The van der Waals surface area contributed by atoms with Gasteiger partial charge in [-0.25, -0.2) is 0 Å². The number of ketones is 1. The molecule has 1 aliphatic carbocycles. The first-order chi connectivity index (χ1) is 6.93. The highest BCUT2D eigenvalue weighted by molar-refractivity contribution is 6.04. The van der Waals surface area contributed by atoms with E-state index in [1.54, 1.807) is 0 Å². The van der Waals surface area contributed by atoms with Gasteiger partial charge in [-0.1, -0.05) is 18.2 Å². The molecule has 1 aromatic carbocycles. The number of carbonyl (C=O) groups excluding carboxylic acids is 1. The quantitative estimate of drug-likeness (QED) is 0.569. The van der Waals surface area contributed by atoms with Gasteiger partial charge in [0.15, 0.2) is 0 Å². The van der Waals surface area contributed by atoms with Gasteiger partial charge in [0.05, 0.1) is 0 Å². The largest absolute Gasteiger partial charge is 0.438 e. The molecule has 2 heteroatoms. The monoisotopic (exact) mass is 185 g/mol. The highest BCUT2D eigenvalue weighted by atomic mass is 16.5. The third-order valence-corrected chi connectivity index (χ3v) is 2.24. The number of ether oxygens (including phenoxy) is 1. The molecule has 1 aromatic rings. The maximum atomic E-state index is 5.68. The van der Waals surface area contributed by atoms with E-state index >= 15 is 0 Å². The first-order valence-corrected chi connectivity index (χ1v) is 4.62. The minimum absolute atomic E-state index is 0.784. The van der Waals surface area contributed by atoms with E-state index in [1.165, 1.54) is 0 Å². The molecule has 2 aliphatic rings.